The van der Waals surface area contributed by atoms with Gasteiger partial charge in [-0.3, -0.25) is 19.7 Å². The Labute approximate surface area is 466 Å². The zero-order chi connectivity index (χ0) is 59.3. The number of rotatable bonds is 13. The molecule has 0 radical (unpaired) electrons. The third-order valence-electron chi connectivity index (χ3n) is 10.3. The van der Waals surface area contributed by atoms with Gasteiger partial charge >= 0.3 is 12.1 Å². The van der Waals surface area contributed by atoms with Crippen molar-refractivity contribution in [1.29, 1.82) is 0 Å². The maximum absolute atomic E-state index is 10.7. The van der Waals surface area contributed by atoms with Crippen LogP contribution in [0.25, 0.3) is 0 Å². The molecule has 0 saturated heterocycles. The molecular formula is C67H122N4O4. The summed E-state index contributed by atoms with van der Waals surface area (Å²) in [6, 6.07) is 24.9. The third-order valence-corrected chi connectivity index (χ3v) is 10.3. The molecule has 8 heteroatoms. The number of pyridine rings is 3. The molecule has 8 nitrogen and oxygen atoms in total. The van der Waals surface area contributed by atoms with Gasteiger partial charge in [-0.05, 0) is 114 Å². The highest BCUT2D eigenvalue weighted by atomic mass is 16.5. The summed E-state index contributed by atoms with van der Waals surface area (Å²) in [7, 11) is 4.49. The second kappa shape index (κ2) is 57.1. The van der Waals surface area contributed by atoms with Crippen molar-refractivity contribution in [1.82, 2.24) is 19.9 Å². The van der Waals surface area contributed by atoms with Crippen LogP contribution in [-0.4, -0.2) is 59.2 Å². The van der Waals surface area contributed by atoms with E-state index >= 15 is 0 Å². The van der Waals surface area contributed by atoms with Gasteiger partial charge in [0.15, 0.2) is 0 Å². The van der Waals surface area contributed by atoms with Crippen molar-refractivity contribution in [2.45, 2.75) is 241 Å². The van der Waals surface area contributed by atoms with Gasteiger partial charge in [0.1, 0.15) is 0 Å². The van der Waals surface area contributed by atoms with E-state index in [4.69, 9.17) is 0 Å². The van der Waals surface area contributed by atoms with Gasteiger partial charge in [0.05, 0.1) is 14.2 Å². The van der Waals surface area contributed by atoms with E-state index in [9.17, 15) is 9.59 Å². The molecular weight excluding hydrogens is 925 g/mol. The summed E-state index contributed by atoms with van der Waals surface area (Å²) in [5.74, 6) is 6.22. The molecule has 1 aromatic carbocycles. The monoisotopic (exact) mass is 1050 g/mol. The van der Waals surface area contributed by atoms with Gasteiger partial charge < -0.3 is 14.4 Å². The van der Waals surface area contributed by atoms with E-state index in [0.29, 0.717) is 36.0 Å². The molecule has 0 spiro atoms. The average Bonchev–Trinajstić information content (AvgIpc) is 3.37. The summed E-state index contributed by atoms with van der Waals surface area (Å²) in [5, 5.41) is 0. The first-order chi connectivity index (χ1) is 35.0. The molecule has 4 rings (SSSR count). The number of carbonyl (C=O) groups is 2. The number of unbranched alkanes of at least 4 members (excludes halogenated alkanes) is 1. The Morgan fingerprint density at radius 2 is 0.933 bits per heavy atom. The van der Waals surface area contributed by atoms with Crippen LogP contribution in [0.4, 0.5) is 4.79 Å². The maximum Gasteiger partial charge on any atom is 0.409 e. The van der Waals surface area contributed by atoms with Crippen LogP contribution in [0.2, 0.25) is 0 Å². The Morgan fingerprint density at radius 3 is 1.13 bits per heavy atom. The summed E-state index contributed by atoms with van der Waals surface area (Å²) in [5.41, 5.74) is 5.23. The van der Waals surface area contributed by atoms with E-state index in [1.807, 2.05) is 94.9 Å². The average molecular weight is 1050 g/mol. The zero-order valence-electron chi connectivity index (χ0n) is 54.0. The van der Waals surface area contributed by atoms with Crippen LogP contribution in [0, 0.1) is 29.6 Å². The lowest BCUT2D eigenvalue weighted by Gasteiger charge is -2.18. The smallest absolute Gasteiger partial charge is 0.409 e. The van der Waals surface area contributed by atoms with Crippen molar-refractivity contribution in [3.05, 3.63) is 126 Å². The Hall–Kier alpha value is -4.59. The molecule has 0 atom stereocenters. The number of ether oxygens (including phenoxy) is 2. The number of carbonyl (C=O) groups excluding carboxylic acids is 2. The van der Waals surface area contributed by atoms with E-state index in [2.05, 4.69) is 193 Å². The fourth-order valence-electron chi connectivity index (χ4n) is 4.98. The van der Waals surface area contributed by atoms with Crippen LogP contribution in [0.5, 0.6) is 0 Å². The topological polar surface area (TPSA) is 94.5 Å². The normalized spacial score (nSPS) is 9.88. The summed E-state index contributed by atoms with van der Waals surface area (Å²) >= 11 is 0. The number of hydrogen-bond acceptors (Lipinski definition) is 7. The van der Waals surface area contributed by atoms with E-state index in [1.54, 1.807) is 13.2 Å². The SMILES string of the molecule is CC(C)C.CC(C)c1ccccc1.CC(C)c1ccccn1.CC(C)c1cccnc1.CC(C)c1ccncc1.CCC(C)C.CCCC(C)C.CCCCC(C)C.COC(=O)CC(C)C.COC(=O)N(C)C(C)C. The minimum atomic E-state index is -0.287. The highest BCUT2D eigenvalue weighted by molar-refractivity contribution is 5.69. The molecule has 0 fully saturated rings. The number of amides is 1. The highest BCUT2D eigenvalue weighted by Gasteiger charge is 2.10. The Bertz CT molecular complexity index is 1530. The molecule has 0 aliphatic carbocycles. The fourth-order valence-corrected chi connectivity index (χ4v) is 4.98. The number of aromatic nitrogens is 3. The highest BCUT2D eigenvalue weighted by Crippen LogP contribution is 2.13. The summed E-state index contributed by atoms with van der Waals surface area (Å²) in [6.07, 6.45) is 17.6. The van der Waals surface area contributed by atoms with Gasteiger partial charge in [0.25, 0.3) is 0 Å². The third kappa shape index (κ3) is 67.4. The van der Waals surface area contributed by atoms with E-state index in [-0.39, 0.29) is 18.1 Å². The Kier molecular flexibility index (Phi) is 62.3. The van der Waals surface area contributed by atoms with Crippen molar-refractivity contribution in [3.63, 3.8) is 0 Å². The van der Waals surface area contributed by atoms with Crippen molar-refractivity contribution in [2.24, 2.45) is 29.6 Å². The zero-order valence-corrected chi connectivity index (χ0v) is 54.0. The lowest BCUT2D eigenvalue weighted by atomic mass is 10.0. The number of methoxy groups -OCH3 is 2. The molecule has 3 aromatic heterocycles. The molecule has 4 aromatic rings. The quantitative estimate of drug-likeness (QED) is 0.123. The molecule has 434 valence electrons. The second-order valence-corrected chi connectivity index (χ2v) is 22.5. The first-order valence-corrected chi connectivity index (χ1v) is 28.7. The van der Waals surface area contributed by atoms with Crippen LogP contribution in [-0.2, 0) is 14.3 Å². The summed E-state index contributed by atoms with van der Waals surface area (Å²) in [6.45, 7) is 51.8. The van der Waals surface area contributed by atoms with Crippen molar-refractivity contribution >= 4 is 12.1 Å². The first kappa shape index (κ1) is 81.8. The minimum Gasteiger partial charge on any atom is -0.469 e. The molecule has 0 unspecified atom stereocenters. The van der Waals surface area contributed by atoms with Crippen LogP contribution >= 0.6 is 0 Å². The molecule has 0 aliphatic rings. The van der Waals surface area contributed by atoms with Crippen LogP contribution < -0.4 is 0 Å². The van der Waals surface area contributed by atoms with Gasteiger partial charge in [-0.1, -0.05) is 233 Å². The minimum absolute atomic E-state index is 0.125. The maximum atomic E-state index is 10.7. The van der Waals surface area contributed by atoms with Gasteiger partial charge in [0, 0.05) is 56.2 Å². The number of benzene rings is 1. The van der Waals surface area contributed by atoms with Gasteiger partial charge in [-0.15, -0.1) is 0 Å². The summed E-state index contributed by atoms with van der Waals surface area (Å²) < 4.78 is 8.88. The Morgan fingerprint density at radius 1 is 0.480 bits per heavy atom. The van der Waals surface area contributed by atoms with Crippen LogP contribution in [0.3, 0.4) is 0 Å². The van der Waals surface area contributed by atoms with Crippen molar-refractivity contribution in [2.75, 3.05) is 21.3 Å². The summed E-state index contributed by atoms with van der Waals surface area (Å²) in [4.78, 5) is 34.7. The van der Waals surface area contributed by atoms with E-state index in [1.165, 1.54) is 74.3 Å². The predicted octanol–water partition coefficient (Wildman–Crippen LogP) is 20.7. The van der Waals surface area contributed by atoms with Gasteiger partial charge in [0.2, 0.25) is 0 Å². The molecule has 0 N–H and O–H groups in total. The molecule has 3 heterocycles. The lowest BCUT2D eigenvalue weighted by Crippen LogP contribution is -2.32. The molecule has 0 bridgehead atoms. The van der Waals surface area contributed by atoms with E-state index in [0.717, 1.165) is 29.4 Å². The standard InChI is InChI=1S/C9H12.3C8H11N.C7H16.C6H13NO2.C6H12O2.C6H14.C5H12.C4H10/c1-8(2)9-6-4-3-5-7-9;1-7(2)8-3-5-9-6-4-8;1-7(2)8-4-3-5-9-6-8;1-7(2)8-5-3-4-6-9-8;1-4-5-6-7(2)3;1-5(2)7(3)6(8)9-4;1-5(2)4-6(7)8-3;1-4-5-6(2)3;1-4-5(2)3;1-4(2)3/h3-8H,1-2H3;3*3-7H,1-2H3;7H,4-6H2,1-3H3;5H,1-4H3;5H,4H2,1-3H3;6H,4-5H2,1-3H3;5H,4H2,1-3H3;4H,1-3H3. The Balaban J connectivity index is -0.000000178. The molecule has 75 heavy (non-hydrogen) atoms. The van der Waals surface area contributed by atoms with Crippen LogP contribution in [0.1, 0.15) is 257 Å². The number of nitrogens with zero attached hydrogens (tertiary/aromatic N) is 4. The van der Waals surface area contributed by atoms with E-state index < -0.39 is 0 Å². The van der Waals surface area contributed by atoms with Crippen molar-refractivity contribution < 1.29 is 19.1 Å². The van der Waals surface area contributed by atoms with Gasteiger partial charge in [-0.25, -0.2) is 4.79 Å². The predicted molar refractivity (Wildman–Crippen MR) is 332 cm³/mol. The largest absolute Gasteiger partial charge is 0.469 e. The second-order valence-electron chi connectivity index (χ2n) is 22.5. The van der Waals surface area contributed by atoms with Crippen molar-refractivity contribution in [3.8, 4) is 0 Å². The number of esters is 1. The lowest BCUT2D eigenvalue weighted by molar-refractivity contribution is -0.141. The molecule has 0 saturated carbocycles. The fraction of sp³-hybridized carbons (Fsp3) is 0.657. The molecule has 1 amide bonds. The van der Waals surface area contributed by atoms with Crippen LogP contribution in [0.15, 0.2) is 104 Å². The number of hydrogen-bond donors (Lipinski definition) is 0. The van der Waals surface area contributed by atoms with Gasteiger partial charge in [-0.2, -0.15) is 0 Å². The molecule has 0 aliphatic heterocycles. The first-order valence-electron chi connectivity index (χ1n) is 28.7.